The minimum atomic E-state index is -0.327. The molecular formula is C20H21N3O5S. The molecule has 0 unspecified atom stereocenters. The van der Waals surface area contributed by atoms with Gasteiger partial charge in [0.2, 0.25) is 5.75 Å². The van der Waals surface area contributed by atoms with E-state index < -0.39 is 0 Å². The minimum Gasteiger partial charge on any atom is -0.493 e. The lowest BCUT2D eigenvalue weighted by molar-refractivity contribution is 0.0951. The van der Waals surface area contributed by atoms with Crippen LogP contribution in [-0.2, 0) is 6.54 Å². The molecule has 0 fully saturated rings. The molecule has 0 radical (unpaired) electrons. The minimum absolute atomic E-state index is 0.229. The fourth-order valence-electron chi connectivity index (χ4n) is 2.75. The van der Waals surface area contributed by atoms with Crippen LogP contribution in [0.3, 0.4) is 0 Å². The average Bonchev–Trinajstić information content (AvgIpc) is 3.28. The quantitative estimate of drug-likeness (QED) is 0.608. The summed E-state index contributed by atoms with van der Waals surface area (Å²) in [6, 6.07) is 10.2. The van der Waals surface area contributed by atoms with Crippen LogP contribution in [0.5, 0.6) is 17.2 Å². The molecule has 0 bridgehead atoms. The fraction of sp³-hybridized carbons (Fsp3) is 0.250. The van der Waals surface area contributed by atoms with Gasteiger partial charge in [0.15, 0.2) is 11.5 Å². The predicted octanol–water partition coefficient (Wildman–Crippen LogP) is 2.43. The van der Waals surface area contributed by atoms with E-state index in [4.69, 9.17) is 14.2 Å². The third-order valence-corrected chi connectivity index (χ3v) is 5.07. The summed E-state index contributed by atoms with van der Waals surface area (Å²) >= 11 is 1.54. The van der Waals surface area contributed by atoms with Crippen molar-refractivity contribution >= 4 is 17.2 Å². The van der Waals surface area contributed by atoms with Crippen molar-refractivity contribution in [2.24, 2.45) is 0 Å². The highest BCUT2D eigenvalue weighted by Crippen LogP contribution is 2.38. The van der Waals surface area contributed by atoms with E-state index in [2.05, 4.69) is 10.4 Å². The number of amides is 1. The molecule has 0 saturated heterocycles. The van der Waals surface area contributed by atoms with Crippen molar-refractivity contribution in [1.82, 2.24) is 15.1 Å². The smallest absolute Gasteiger partial charge is 0.266 e. The van der Waals surface area contributed by atoms with Crippen LogP contribution in [0.15, 0.2) is 46.6 Å². The first-order valence-electron chi connectivity index (χ1n) is 8.77. The number of aromatic nitrogens is 2. The van der Waals surface area contributed by atoms with Crippen molar-refractivity contribution in [2.45, 2.75) is 6.54 Å². The van der Waals surface area contributed by atoms with Gasteiger partial charge in [-0.2, -0.15) is 5.10 Å². The monoisotopic (exact) mass is 415 g/mol. The predicted molar refractivity (Wildman–Crippen MR) is 110 cm³/mol. The highest BCUT2D eigenvalue weighted by atomic mass is 32.1. The Morgan fingerprint density at radius 3 is 2.41 bits per heavy atom. The zero-order valence-electron chi connectivity index (χ0n) is 16.3. The number of rotatable bonds is 8. The van der Waals surface area contributed by atoms with E-state index >= 15 is 0 Å². The maximum atomic E-state index is 12.5. The molecule has 1 aromatic carbocycles. The van der Waals surface area contributed by atoms with Crippen molar-refractivity contribution in [1.29, 1.82) is 0 Å². The van der Waals surface area contributed by atoms with Gasteiger partial charge in [0.25, 0.3) is 11.5 Å². The third kappa shape index (κ3) is 4.57. The van der Waals surface area contributed by atoms with Gasteiger partial charge in [0.05, 0.1) is 32.8 Å². The molecular weight excluding hydrogens is 394 g/mol. The number of nitrogens with zero attached hydrogens (tertiary/aromatic N) is 2. The Kier molecular flexibility index (Phi) is 6.50. The second-order valence-electron chi connectivity index (χ2n) is 5.93. The zero-order valence-corrected chi connectivity index (χ0v) is 17.1. The summed E-state index contributed by atoms with van der Waals surface area (Å²) < 4.78 is 17.1. The highest BCUT2D eigenvalue weighted by molar-refractivity contribution is 7.13. The highest BCUT2D eigenvalue weighted by Gasteiger charge is 2.17. The van der Waals surface area contributed by atoms with Gasteiger partial charge in [0, 0.05) is 18.2 Å². The molecule has 3 rings (SSSR count). The molecule has 0 aliphatic carbocycles. The van der Waals surface area contributed by atoms with Crippen LogP contribution in [0, 0.1) is 0 Å². The van der Waals surface area contributed by atoms with E-state index in [0.717, 1.165) is 10.6 Å². The van der Waals surface area contributed by atoms with E-state index in [1.807, 2.05) is 17.5 Å². The van der Waals surface area contributed by atoms with Crippen LogP contribution in [0.4, 0.5) is 0 Å². The number of carbonyl (C=O) groups is 1. The molecule has 2 heterocycles. The largest absolute Gasteiger partial charge is 0.493 e. The van der Waals surface area contributed by atoms with Crippen LogP contribution in [-0.4, -0.2) is 43.6 Å². The first-order valence-corrected chi connectivity index (χ1v) is 9.65. The van der Waals surface area contributed by atoms with Crippen molar-refractivity contribution in [3.63, 3.8) is 0 Å². The standard InChI is InChI=1S/C20H21N3O5S/c1-26-15-11-13(12-16(27-2)19(15)28-3)20(25)21-8-9-23-18(24)7-6-14(22-23)17-5-4-10-29-17/h4-7,10-12H,8-9H2,1-3H3,(H,21,25). The number of nitrogens with one attached hydrogen (secondary N) is 1. The lowest BCUT2D eigenvalue weighted by Crippen LogP contribution is -2.32. The molecule has 29 heavy (non-hydrogen) atoms. The molecule has 2 aromatic heterocycles. The number of benzene rings is 1. The topological polar surface area (TPSA) is 91.7 Å². The fourth-order valence-corrected chi connectivity index (χ4v) is 3.44. The second-order valence-corrected chi connectivity index (χ2v) is 6.87. The Morgan fingerprint density at radius 2 is 1.83 bits per heavy atom. The van der Waals surface area contributed by atoms with E-state index in [-0.39, 0.29) is 24.6 Å². The Hall–Kier alpha value is -3.33. The van der Waals surface area contributed by atoms with Gasteiger partial charge < -0.3 is 19.5 Å². The van der Waals surface area contributed by atoms with Crippen LogP contribution in [0.1, 0.15) is 10.4 Å². The zero-order chi connectivity index (χ0) is 20.8. The van der Waals surface area contributed by atoms with Crippen LogP contribution in [0.2, 0.25) is 0 Å². The van der Waals surface area contributed by atoms with Crippen molar-refractivity contribution in [3.05, 3.63) is 57.7 Å². The number of thiophene rings is 1. The molecule has 0 aliphatic heterocycles. The van der Waals surface area contributed by atoms with E-state index in [9.17, 15) is 9.59 Å². The molecule has 152 valence electrons. The Balaban J connectivity index is 1.70. The first kappa shape index (κ1) is 20.4. The summed E-state index contributed by atoms with van der Waals surface area (Å²) in [7, 11) is 4.46. The summed E-state index contributed by atoms with van der Waals surface area (Å²) in [5.74, 6) is 0.858. The third-order valence-electron chi connectivity index (χ3n) is 4.18. The molecule has 9 heteroatoms. The number of carbonyl (C=O) groups excluding carboxylic acids is 1. The first-order chi connectivity index (χ1) is 14.1. The average molecular weight is 415 g/mol. The maximum absolute atomic E-state index is 12.5. The van der Waals surface area contributed by atoms with Gasteiger partial charge in [-0.3, -0.25) is 9.59 Å². The van der Waals surface area contributed by atoms with Crippen LogP contribution >= 0.6 is 11.3 Å². The summed E-state index contributed by atoms with van der Waals surface area (Å²) in [5, 5.41) is 9.10. The van der Waals surface area contributed by atoms with Crippen molar-refractivity contribution in [2.75, 3.05) is 27.9 Å². The van der Waals surface area contributed by atoms with Gasteiger partial charge in [-0.15, -0.1) is 11.3 Å². The second kappa shape index (κ2) is 9.24. The van der Waals surface area contributed by atoms with Gasteiger partial charge in [-0.1, -0.05) is 6.07 Å². The van der Waals surface area contributed by atoms with E-state index in [1.54, 1.807) is 29.5 Å². The number of hydrogen-bond acceptors (Lipinski definition) is 7. The molecule has 0 spiro atoms. The lowest BCUT2D eigenvalue weighted by atomic mass is 10.1. The van der Waals surface area contributed by atoms with Gasteiger partial charge in [0.1, 0.15) is 5.69 Å². The van der Waals surface area contributed by atoms with Gasteiger partial charge in [-0.25, -0.2) is 4.68 Å². The van der Waals surface area contributed by atoms with Gasteiger partial charge >= 0.3 is 0 Å². The summed E-state index contributed by atoms with van der Waals surface area (Å²) in [6.07, 6.45) is 0. The Morgan fingerprint density at radius 1 is 1.10 bits per heavy atom. The molecule has 0 aliphatic rings. The Labute approximate surface area is 171 Å². The van der Waals surface area contributed by atoms with Crippen molar-refractivity contribution < 1.29 is 19.0 Å². The Bertz CT molecular complexity index is 1020. The van der Waals surface area contributed by atoms with Gasteiger partial charge in [-0.05, 0) is 29.6 Å². The summed E-state index contributed by atoms with van der Waals surface area (Å²) in [6.45, 7) is 0.477. The van der Waals surface area contributed by atoms with Crippen LogP contribution < -0.4 is 25.1 Å². The molecule has 8 nitrogen and oxygen atoms in total. The molecule has 1 amide bonds. The van der Waals surface area contributed by atoms with Crippen molar-refractivity contribution in [3.8, 4) is 27.8 Å². The molecule has 3 aromatic rings. The molecule has 1 N–H and O–H groups in total. The van der Waals surface area contributed by atoms with E-state index in [1.165, 1.54) is 32.1 Å². The van der Waals surface area contributed by atoms with E-state index in [0.29, 0.717) is 22.8 Å². The number of hydrogen-bond donors (Lipinski definition) is 1. The lowest BCUT2D eigenvalue weighted by Gasteiger charge is -2.14. The molecule has 0 saturated carbocycles. The number of ether oxygens (including phenoxy) is 3. The SMILES string of the molecule is COc1cc(C(=O)NCCn2nc(-c3cccs3)ccc2=O)cc(OC)c1OC. The molecule has 0 atom stereocenters. The normalized spacial score (nSPS) is 10.4. The number of methoxy groups -OCH3 is 3. The summed E-state index contributed by atoms with van der Waals surface area (Å²) in [4.78, 5) is 25.6. The summed E-state index contributed by atoms with van der Waals surface area (Å²) in [5.41, 5.74) is 0.843. The maximum Gasteiger partial charge on any atom is 0.266 e. The van der Waals surface area contributed by atoms with Crippen LogP contribution in [0.25, 0.3) is 10.6 Å².